The van der Waals surface area contributed by atoms with Crippen molar-refractivity contribution in [2.45, 2.75) is 32.6 Å². The van der Waals surface area contributed by atoms with Gasteiger partial charge in [-0.1, -0.05) is 12.2 Å². The first-order valence-electron chi connectivity index (χ1n) is 4.96. The quantitative estimate of drug-likeness (QED) is 0.406. The van der Waals surface area contributed by atoms with E-state index in [0.29, 0.717) is 12.8 Å². The second-order valence-electron chi connectivity index (χ2n) is 3.85. The fraction of sp³-hybridized carbons (Fsp3) is 0.636. The zero-order valence-corrected chi connectivity index (χ0v) is 12.5. The van der Waals surface area contributed by atoms with Gasteiger partial charge in [0.05, 0.1) is 0 Å². The van der Waals surface area contributed by atoms with Crippen LogP contribution in [0.1, 0.15) is 32.6 Å². The molecule has 0 bridgehead atoms. The Bertz CT molecular complexity index is 261. The second-order valence-corrected chi connectivity index (χ2v) is 3.85. The molecular formula is C11H15KO3. The van der Waals surface area contributed by atoms with E-state index in [-0.39, 0.29) is 75.4 Å². The van der Waals surface area contributed by atoms with Crippen LogP contribution in [0.2, 0.25) is 0 Å². The molecule has 1 saturated carbocycles. The molecule has 0 aromatic heterocycles. The van der Waals surface area contributed by atoms with E-state index in [1.807, 2.05) is 19.1 Å². The topological polar surface area (TPSA) is 57.2 Å². The summed E-state index contributed by atoms with van der Waals surface area (Å²) in [5.74, 6) is -0.666. The minimum atomic E-state index is -1.05. The SMILES string of the molecule is C/C=C\CC1CC(=O)CC1CC(=O)[O-].[K+]. The van der Waals surface area contributed by atoms with Crippen molar-refractivity contribution in [1.29, 1.82) is 0 Å². The number of allylic oxidation sites excluding steroid dienone is 2. The van der Waals surface area contributed by atoms with Crippen molar-refractivity contribution in [3.63, 3.8) is 0 Å². The van der Waals surface area contributed by atoms with Crippen LogP contribution in [0.3, 0.4) is 0 Å². The van der Waals surface area contributed by atoms with E-state index in [2.05, 4.69) is 0 Å². The van der Waals surface area contributed by atoms with Crippen molar-refractivity contribution < 1.29 is 66.1 Å². The molecule has 3 nitrogen and oxygen atoms in total. The minimum absolute atomic E-state index is 0. The molecule has 1 aliphatic carbocycles. The number of carbonyl (C=O) groups is 2. The summed E-state index contributed by atoms with van der Waals surface area (Å²) in [7, 11) is 0. The average molecular weight is 234 g/mol. The third-order valence-electron chi connectivity index (χ3n) is 2.75. The molecule has 0 N–H and O–H groups in total. The van der Waals surface area contributed by atoms with Crippen LogP contribution in [0.15, 0.2) is 12.2 Å². The Morgan fingerprint density at radius 1 is 1.47 bits per heavy atom. The Labute approximate surface area is 133 Å². The van der Waals surface area contributed by atoms with Crippen LogP contribution in [0.5, 0.6) is 0 Å². The summed E-state index contributed by atoms with van der Waals surface area (Å²) in [6, 6.07) is 0. The summed E-state index contributed by atoms with van der Waals surface area (Å²) >= 11 is 0. The molecule has 15 heavy (non-hydrogen) atoms. The van der Waals surface area contributed by atoms with Crippen LogP contribution >= 0.6 is 0 Å². The van der Waals surface area contributed by atoms with Gasteiger partial charge in [-0.25, -0.2) is 0 Å². The minimum Gasteiger partial charge on any atom is -0.550 e. The summed E-state index contributed by atoms with van der Waals surface area (Å²) in [6.45, 7) is 1.92. The molecule has 0 aromatic carbocycles. The van der Waals surface area contributed by atoms with Gasteiger partial charge in [0.1, 0.15) is 5.78 Å². The molecule has 1 aliphatic rings. The molecule has 78 valence electrons. The molecule has 4 heteroatoms. The monoisotopic (exact) mass is 234 g/mol. The van der Waals surface area contributed by atoms with Crippen molar-refractivity contribution >= 4 is 11.8 Å². The molecule has 1 fully saturated rings. The van der Waals surface area contributed by atoms with E-state index >= 15 is 0 Å². The van der Waals surface area contributed by atoms with Gasteiger partial charge in [-0.05, 0) is 31.6 Å². The number of ketones is 1. The number of hydrogen-bond acceptors (Lipinski definition) is 3. The first kappa shape index (κ1) is 15.5. The van der Waals surface area contributed by atoms with E-state index in [9.17, 15) is 14.7 Å². The molecule has 0 saturated heterocycles. The number of carboxylic acid groups (broad SMARTS) is 1. The zero-order valence-electron chi connectivity index (χ0n) is 9.36. The average Bonchev–Trinajstić information content (AvgIpc) is 2.41. The van der Waals surface area contributed by atoms with Crippen LogP contribution in [0.25, 0.3) is 0 Å². The fourth-order valence-corrected chi connectivity index (χ4v) is 2.04. The fourth-order valence-electron chi connectivity index (χ4n) is 2.04. The third kappa shape index (κ3) is 5.40. The first-order valence-corrected chi connectivity index (χ1v) is 4.96. The second kappa shape index (κ2) is 7.74. The van der Waals surface area contributed by atoms with E-state index in [0.717, 1.165) is 6.42 Å². The van der Waals surface area contributed by atoms with Crippen molar-refractivity contribution in [3.8, 4) is 0 Å². The standard InChI is InChI=1S/C11H16O3.K/c1-2-3-4-8-5-10(12)6-9(8)7-11(13)14;/h2-3,8-9H,4-7H2,1H3,(H,13,14);/q;+1/p-1/b3-2-;. The number of rotatable bonds is 4. The van der Waals surface area contributed by atoms with E-state index < -0.39 is 5.97 Å². The van der Waals surface area contributed by atoms with Crippen LogP contribution in [-0.2, 0) is 9.59 Å². The number of hydrogen-bond donors (Lipinski definition) is 0. The third-order valence-corrected chi connectivity index (χ3v) is 2.75. The van der Waals surface area contributed by atoms with Crippen LogP contribution < -0.4 is 56.5 Å². The molecule has 0 heterocycles. The summed E-state index contributed by atoms with van der Waals surface area (Å²) in [5, 5.41) is 10.4. The number of carboxylic acids is 1. The molecule has 2 atom stereocenters. The van der Waals surface area contributed by atoms with Gasteiger partial charge < -0.3 is 9.90 Å². The molecule has 0 aromatic rings. The Morgan fingerprint density at radius 3 is 2.60 bits per heavy atom. The van der Waals surface area contributed by atoms with E-state index in [1.54, 1.807) is 0 Å². The molecule has 0 radical (unpaired) electrons. The first-order chi connectivity index (χ1) is 6.63. The largest absolute Gasteiger partial charge is 1.00 e. The van der Waals surface area contributed by atoms with Gasteiger partial charge in [-0.15, -0.1) is 0 Å². The normalized spacial score (nSPS) is 25.5. The maximum atomic E-state index is 11.2. The van der Waals surface area contributed by atoms with Gasteiger partial charge in [0.2, 0.25) is 0 Å². The summed E-state index contributed by atoms with van der Waals surface area (Å²) in [6.07, 6.45) is 5.69. The molecule has 1 rings (SSSR count). The predicted octanol–water partition coefficient (Wildman–Crippen LogP) is -2.31. The van der Waals surface area contributed by atoms with Crippen molar-refractivity contribution in [2.75, 3.05) is 0 Å². The van der Waals surface area contributed by atoms with Crippen molar-refractivity contribution in [1.82, 2.24) is 0 Å². The maximum absolute atomic E-state index is 11.2. The molecule has 2 unspecified atom stereocenters. The van der Waals surface area contributed by atoms with Crippen molar-refractivity contribution in [3.05, 3.63) is 12.2 Å². The number of aliphatic carboxylic acids is 1. The molecule has 0 amide bonds. The van der Waals surface area contributed by atoms with Crippen LogP contribution in [0, 0.1) is 11.8 Å². The summed E-state index contributed by atoms with van der Waals surface area (Å²) < 4.78 is 0. The van der Waals surface area contributed by atoms with Gasteiger partial charge in [0, 0.05) is 18.8 Å². The number of Topliss-reactive ketones (excluding diaryl/α,β-unsaturated/α-hetero) is 1. The van der Waals surface area contributed by atoms with E-state index in [4.69, 9.17) is 0 Å². The smallest absolute Gasteiger partial charge is 0.550 e. The summed E-state index contributed by atoms with van der Waals surface area (Å²) in [4.78, 5) is 21.6. The van der Waals surface area contributed by atoms with Crippen LogP contribution in [0.4, 0.5) is 0 Å². The predicted molar refractivity (Wildman–Crippen MR) is 50.3 cm³/mol. The van der Waals surface area contributed by atoms with Gasteiger partial charge in [0.15, 0.2) is 0 Å². The molecular weight excluding hydrogens is 219 g/mol. The molecule has 0 aliphatic heterocycles. The van der Waals surface area contributed by atoms with Crippen LogP contribution in [-0.4, -0.2) is 11.8 Å². The Kier molecular flexibility index (Phi) is 8.00. The van der Waals surface area contributed by atoms with Gasteiger partial charge >= 0.3 is 51.4 Å². The Hall–Kier alpha value is 0.516. The maximum Gasteiger partial charge on any atom is 1.00 e. The zero-order chi connectivity index (χ0) is 10.6. The Balaban J connectivity index is 0.00000196. The van der Waals surface area contributed by atoms with E-state index in [1.165, 1.54) is 0 Å². The van der Waals surface area contributed by atoms with Gasteiger partial charge in [-0.2, -0.15) is 0 Å². The van der Waals surface area contributed by atoms with Gasteiger partial charge in [0.25, 0.3) is 0 Å². The number of carbonyl (C=O) groups excluding carboxylic acids is 2. The Morgan fingerprint density at radius 2 is 2.07 bits per heavy atom. The molecule has 0 spiro atoms. The summed E-state index contributed by atoms with van der Waals surface area (Å²) in [5.41, 5.74) is 0. The van der Waals surface area contributed by atoms with Crippen molar-refractivity contribution in [2.24, 2.45) is 11.8 Å². The van der Waals surface area contributed by atoms with Gasteiger partial charge in [-0.3, -0.25) is 4.79 Å².